The summed E-state index contributed by atoms with van der Waals surface area (Å²) < 4.78 is 12.5. The summed E-state index contributed by atoms with van der Waals surface area (Å²) >= 11 is 0. The van der Waals surface area contributed by atoms with E-state index in [0.29, 0.717) is 11.5 Å². The van der Waals surface area contributed by atoms with E-state index in [9.17, 15) is 0 Å². The first-order chi connectivity index (χ1) is 28.2. The summed E-state index contributed by atoms with van der Waals surface area (Å²) in [7, 11) is 0. The van der Waals surface area contributed by atoms with Gasteiger partial charge in [-0.3, -0.25) is 0 Å². The highest BCUT2D eigenvalue weighted by atomic mass is 16.4. The number of benzene rings is 9. The van der Waals surface area contributed by atoms with Crippen LogP contribution in [0.2, 0.25) is 0 Å². The second kappa shape index (κ2) is 13.6. The van der Waals surface area contributed by atoms with Crippen LogP contribution in [0.15, 0.2) is 215 Å². The Bertz CT molecular complexity index is 3220. The Morgan fingerprint density at radius 3 is 1.61 bits per heavy atom. The van der Waals surface area contributed by atoms with E-state index in [1.165, 1.54) is 33.0 Å². The molecule has 4 heteroatoms. The summed E-state index contributed by atoms with van der Waals surface area (Å²) in [4.78, 5) is 7.15. The normalized spacial score (nSPS) is 11.5. The van der Waals surface area contributed by atoms with Crippen LogP contribution in [0, 0.1) is 0 Å². The number of nitrogens with zero attached hydrogens (tertiary/aromatic N) is 2. The van der Waals surface area contributed by atoms with Gasteiger partial charge in [-0.05, 0) is 117 Å². The number of furan rings is 1. The van der Waals surface area contributed by atoms with Crippen LogP contribution in [-0.4, -0.2) is 4.98 Å². The maximum absolute atomic E-state index is 6.32. The van der Waals surface area contributed by atoms with Crippen molar-refractivity contribution in [3.8, 4) is 44.8 Å². The molecule has 4 nitrogen and oxygen atoms in total. The third-order valence-electron chi connectivity index (χ3n) is 10.9. The highest BCUT2D eigenvalue weighted by molar-refractivity contribution is 6.10. The molecule has 57 heavy (non-hydrogen) atoms. The first-order valence-corrected chi connectivity index (χ1v) is 19.2. The van der Waals surface area contributed by atoms with Crippen LogP contribution in [0.3, 0.4) is 0 Å². The third kappa shape index (κ3) is 6.01. The molecule has 0 aliphatic carbocycles. The molecule has 0 fully saturated rings. The van der Waals surface area contributed by atoms with Crippen LogP contribution < -0.4 is 4.90 Å². The van der Waals surface area contributed by atoms with Crippen molar-refractivity contribution in [3.05, 3.63) is 206 Å². The van der Waals surface area contributed by atoms with Crippen molar-refractivity contribution in [1.82, 2.24) is 4.98 Å². The van der Waals surface area contributed by atoms with Gasteiger partial charge in [-0.2, -0.15) is 0 Å². The molecule has 11 aromatic rings. The van der Waals surface area contributed by atoms with Gasteiger partial charge in [0.25, 0.3) is 0 Å². The molecule has 9 aromatic carbocycles. The molecular formula is C53H34N2O2. The van der Waals surface area contributed by atoms with Gasteiger partial charge in [0.1, 0.15) is 16.7 Å². The molecule has 0 N–H and O–H groups in total. The van der Waals surface area contributed by atoms with Gasteiger partial charge in [-0.25, -0.2) is 4.98 Å². The molecule has 2 heterocycles. The van der Waals surface area contributed by atoms with Crippen LogP contribution in [-0.2, 0) is 0 Å². The minimum absolute atomic E-state index is 0.602. The largest absolute Gasteiger partial charge is 0.456 e. The van der Waals surface area contributed by atoms with E-state index in [2.05, 4.69) is 175 Å². The predicted molar refractivity (Wildman–Crippen MR) is 235 cm³/mol. The third-order valence-corrected chi connectivity index (χ3v) is 10.9. The summed E-state index contributed by atoms with van der Waals surface area (Å²) in [6.45, 7) is 0. The van der Waals surface area contributed by atoms with Gasteiger partial charge in [0.05, 0.1) is 0 Å². The summed E-state index contributed by atoms with van der Waals surface area (Å²) in [5.41, 5.74) is 14.3. The fraction of sp³-hybridized carbons (Fsp3) is 0. The SMILES string of the molecule is c1ccc(-c2cccc(N(c3ccc(-c4ccc5ccccc5c4)cc3)c3ccc(-c4ccc5oc6cc7oc(-c8ccccc8)nc7cc6c5c4)cc3)c2)cc1. The zero-order valence-corrected chi connectivity index (χ0v) is 30.8. The molecule has 0 saturated heterocycles. The molecule has 0 atom stereocenters. The minimum Gasteiger partial charge on any atom is -0.456 e. The molecular weight excluding hydrogens is 697 g/mol. The van der Waals surface area contributed by atoms with Gasteiger partial charge in [0, 0.05) is 39.5 Å². The Labute approximate surface area is 329 Å². The predicted octanol–water partition coefficient (Wildman–Crippen LogP) is 15.0. The van der Waals surface area contributed by atoms with Gasteiger partial charge >= 0.3 is 0 Å². The minimum atomic E-state index is 0.602. The Hall–Kier alpha value is -7.69. The lowest BCUT2D eigenvalue weighted by atomic mass is 10.00. The smallest absolute Gasteiger partial charge is 0.227 e. The molecule has 0 radical (unpaired) electrons. The quantitative estimate of drug-likeness (QED) is 0.164. The first-order valence-electron chi connectivity index (χ1n) is 19.2. The van der Waals surface area contributed by atoms with Crippen molar-refractivity contribution in [2.24, 2.45) is 0 Å². The van der Waals surface area contributed by atoms with E-state index < -0.39 is 0 Å². The van der Waals surface area contributed by atoms with E-state index in [0.717, 1.165) is 61.2 Å². The van der Waals surface area contributed by atoms with E-state index in [1.54, 1.807) is 0 Å². The molecule has 0 spiro atoms. The lowest BCUT2D eigenvalue weighted by Crippen LogP contribution is -2.10. The number of fused-ring (bicyclic) bond motifs is 5. The Balaban J connectivity index is 0.960. The molecule has 0 bridgehead atoms. The summed E-state index contributed by atoms with van der Waals surface area (Å²) in [5, 5.41) is 4.54. The number of rotatable bonds is 7. The number of hydrogen-bond acceptors (Lipinski definition) is 4. The fourth-order valence-electron chi connectivity index (χ4n) is 7.96. The second-order valence-corrected chi connectivity index (χ2v) is 14.4. The number of oxazole rings is 1. The Morgan fingerprint density at radius 1 is 0.316 bits per heavy atom. The number of anilines is 3. The molecule has 0 aliphatic rings. The molecule has 2 aromatic heterocycles. The van der Waals surface area contributed by atoms with Crippen molar-refractivity contribution in [2.45, 2.75) is 0 Å². The zero-order chi connectivity index (χ0) is 37.7. The first kappa shape index (κ1) is 32.7. The zero-order valence-electron chi connectivity index (χ0n) is 30.8. The molecule has 0 amide bonds. The average molecular weight is 731 g/mol. The molecule has 0 saturated carbocycles. The van der Waals surface area contributed by atoms with E-state index in [1.807, 2.05) is 36.4 Å². The van der Waals surface area contributed by atoms with Crippen LogP contribution in [0.4, 0.5) is 17.1 Å². The highest BCUT2D eigenvalue weighted by Gasteiger charge is 2.17. The highest BCUT2D eigenvalue weighted by Crippen LogP contribution is 2.40. The van der Waals surface area contributed by atoms with Crippen LogP contribution in [0.25, 0.3) is 88.6 Å². The number of hydrogen-bond donors (Lipinski definition) is 0. The second-order valence-electron chi connectivity index (χ2n) is 14.4. The average Bonchev–Trinajstić information content (AvgIpc) is 3.87. The maximum atomic E-state index is 6.32. The van der Waals surface area contributed by atoms with Gasteiger partial charge in [-0.15, -0.1) is 0 Å². The van der Waals surface area contributed by atoms with E-state index in [-0.39, 0.29) is 0 Å². The maximum Gasteiger partial charge on any atom is 0.227 e. The van der Waals surface area contributed by atoms with Gasteiger partial charge in [0.2, 0.25) is 5.89 Å². The monoisotopic (exact) mass is 730 g/mol. The fourth-order valence-corrected chi connectivity index (χ4v) is 7.96. The summed E-state index contributed by atoms with van der Waals surface area (Å²) in [5.74, 6) is 0.602. The van der Waals surface area contributed by atoms with Gasteiger partial charge in [-0.1, -0.05) is 127 Å². The Morgan fingerprint density at radius 2 is 0.877 bits per heavy atom. The summed E-state index contributed by atoms with van der Waals surface area (Å²) in [6.07, 6.45) is 0. The van der Waals surface area contributed by atoms with E-state index >= 15 is 0 Å². The lowest BCUT2D eigenvalue weighted by Gasteiger charge is -2.26. The standard InChI is InChI=1S/C53H34N2O2/c1-3-10-35(11-4-1)41-16-9-17-46(31-41)55(44-25-20-37(21-26-44)42-19-18-36-12-7-8-15-40(36)30-42)45-27-22-38(23-28-45)43-24-29-50-47(32-43)48-33-49-52(34-51(48)56-50)57-53(54-49)39-13-5-2-6-14-39/h1-34H. The molecule has 0 unspecified atom stereocenters. The van der Waals surface area contributed by atoms with Crippen LogP contribution in [0.1, 0.15) is 0 Å². The van der Waals surface area contributed by atoms with Crippen molar-refractivity contribution >= 4 is 60.9 Å². The molecule has 11 rings (SSSR count). The van der Waals surface area contributed by atoms with Gasteiger partial charge < -0.3 is 13.7 Å². The summed E-state index contributed by atoms with van der Waals surface area (Å²) in [6, 6.07) is 72.6. The van der Waals surface area contributed by atoms with Crippen LogP contribution >= 0.6 is 0 Å². The van der Waals surface area contributed by atoms with Crippen molar-refractivity contribution < 1.29 is 8.83 Å². The molecule has 268 valence electrons. The number of aromatic nitrogens is 1. The van der Waals surface area contributed by atoms with Crippen molar-refractivity contribution in [3.63, 3.8) is 0 Å². The topological polar surface area (TPSA) is 42.4 Å². The molecule has 0 aliphatic heterocycles. The van der Waals surface area contributed by atoms with Crippen molar-refractivity contribution in [1.29, 1.82) is 0 Å². The van der Waals surface area contributed by atoms with Crippen LogP contribution in [0.5, 0.6) is 0 Å². The Kier molecular flexibility index (Phi) is 7.78. The van der Waals surface area contributed by atoms with Crippen molar-refractivity contribution in [2.75, 3.05) is 4.90 Å². The van der Waals surface area contributed by atoms with E-state index in [4.69, 9.17) is 13.8 Å². The lowest BCUT2D eigenvalue weighted by molar-refractivity contribution is 0.617. The van der Waals surface area contributed by atoms with Gasteiger partial charge in [0.15, 0.2) is 5.58 Å².